The second-order valence-electron chi connectivity index (χ2n) is 4.53. The molecule has 3 aromatic rings. The molecule has 0 aliphatic rings. The van der Waals surface area contributed by atoms with Crippen LogP contribution in [0.2, 0.25) is 0 Å². The normalized spacial score (nSPS) is 11.0. The van der Waals surface area contributed by atoms with Crippen molar-refractivity contribution in [2.45, 2.75) is 6.92 Å². The number of halogens is 1. The van der Waals surface area contributed by atoms with Gasteiger partial charge in [-0.2, -0.15) is 5.10 Å². The Hall–Kier alpha value is -2.96. The summed E-state index contributed by atoms with van der Waals surface area (Å²) < 4.78 is 14.1. The highest BCUT2D eigenvalue weighted by molar-refractivity contribution is 6.01. The Morgan fingerprint density at radius 1 is 1.38 bits per heavy atom. The van der Waals surface area contributed by atoms with E-state index in [0.717, 1.165) is 6.07 Å². The van der Waals surface area contributed by atoms with E-state index >= 15 is 0 Å². The number of benzene rings is 1. The molecule has 2 heterocycles. The van der Waals surface area contributed by atoms with Gasteiger partial charge in [-0.05, 0) is 19.1 Å². The van der Waals surface area contributed by atoms with Crippen molar-refractivity contribution in [3.63, 3.8) is 0 Å². The van der Waals surface area contributed by atoms with Crippen LogP contribution in [0.5, 0.6) is 5.75 Å². The van der Waals surface area contributed by atoms with Gasteiger partial charge in [0, 0.05) is 5.56 Å². The zero-order valence-electron chi connectivity index (χ0n) is 10.9. The van der Waals surface area contributed by atoms with Crippen LogP contribution in [0, 0.1) is 12.7 Å². The minimum atomic E-state index is -1.25. The maximum Gasteiger partial charge on any atom is 0.336 e. The highest BCUT2D eigenvalue weighted by Crippen LogP contribution is 2.33. The monoisotopic (exact) mass is 287 g/mol. The SMILES string of the molecule is Cc1c(O)cnc2c(-c3c(F)cccc3C(=O)O)n[nH]c12. The number of hydrogen-bond acceptors (Lipinski definition) is 4. The molecule has 2 aromatic heterocycles. The highest BCUT2D eigenvalue weighted by atomic mass is 19.1. The zero-order valence-corrected chi connectivity index (χ0v) is 10.9. The molecule has 0 bridgehead atoms. The van der Waals surface area contributed by atoms with Gasteiger partial charge >= 0.3 is 5.97 Å². The van der Waals surface area contributed by atoms with Gasteiger partial charge in [0.15, 0.2) is 0 Å². The Labute approximate surface area is 117 Å². The Bertz CT molecular complexity index is 873. The summed E-state index contributed by atoms with van der Waals surface area (Å²) in [5.41, 5.74) is 1.02. The molecule has 7 heteroatoms. The van der Waals surface area contributed by atoms with Crippen molar-refractivity contribution in [1.82, 2.24) is 15.2 Å². The van der Waals surface area contributed by atoms with E-state index in [1.807, 2.05) is 0 Å². The first-order valence-corrected chi connectivity index (χ1v) is 6.05. The van der Waals surface area contributed by atoms with Crippen LogP contribution in [0.4, 0.5) is 4.39 Å². The highest BCUT2D eigenvalue weighted by Gasteiger charge is 2.22. The van der Waals surface area contributed by atoms with Crippen molar-refractivity contribution >= 4 is 17.0 Å². The Morgan fingerprint density at radius 2 is 2.14 bits per heavy atom. The minimum Gasteiger partial charge on any atom is -0.506 e. The number of rotatable bonds is 2. The minimum absolute atomic E-state index is 0.0234. The van der Waals surface area contributed by atoms with E-state index < -0.39 is 11.8 Å². The molecule has 3 N–H and O–H groups in total. The Balaban J connectivity index is 2.37. The number of pyridine rings is 1. The molecule has 21 heavy (non-hydrogen) atoms. The number of aromatic carboxylic acids is 1. The van der Waals surface area contributed by atoms with E-state index in [-0.39, 0.29) is 22.6 Å². The topological polar surface area (TPSA) is 99.1 Å². The van der Waals surface area contributed by atoms with Gasteiger partial charge in [0.1, 0.15) is 22.8 Å². The summed E-state index contributed by atoms with van der Waals surface area (Å²) in [5, 5.41) is 25.4. The summed E-state index contributed by atoms with van der Waals surface area (Å²) in [4.78, 5) is 15.3. The number of aromatic nitrogens is 3. The van der Waals surface area contributed by atoms with Crippen LogP contribution < -0.4 is 0 Å². The summed E-state index contributed by atoms with van der Waals surface area (Å²) in [5.74, 6) is -1.98. The van der Waals surface area contributed by atoms with E-state index in [1.165, 1.54) is 18.3 Å². The fourth-order valence-electron chi connectivity index (χ4n) is 2.19. The Kier molecular flexibility index (Phi) is 2.83. The van der Waals surface area contributed by atoms with Crippen LogP contribution in [-0.2, 0) is 0 Å². The van der Waals surface area contributed by atoms with Crippen LogP contribution in [0.3, 0.4) is 0 Å². The van der Waals surface area contributed by atoms with E-state index in [4.69, 9.17) is 0 Å². The van der Waals surface area contributed by atoms with Crippen LogP contribution in [0.1, 0.15) is 15.9 Å². The van der Waals surface area contributed by atoms with E-state index in [2.05, 4.69) is 15.2 Å². The summed E-state index contributed by atoms with van der Waals surface area (Å²) >= 11 is 0. The number of H-pyrrole nitrogens is 1. The third kappa shape index (κ3) is 1.90. The predicted octanol–water partition coefficient (Wildman–Crippen LogP) is 2.48. The molecule has 3 rings (SSSR count). The van der Waals surface area contributed by atoms with Crippen molar-refractivity contribution in [3.8, 4) is 17.0 Å². The smallest absolute Gasteiger partial charge is 0.336 e. The van der Waals surface area contributed by atoms with E-state index in [0.29, 0.717) is 16.6 Å². The summed E-state index contributed by atoms with van der Waals surface area (Å²) in [6.45, 7) is 1.65. The number of aromatic hydroxyl groups is 1. The van der Waals surface area contributed by atoms with Crippen LogP contribution in [0.15, 0.2) is 24.4 Å². The molecule has 0 fully saturated rings. The lowest BCUT2D eigenvalue weighted by molar-refractivity contribution is 0.0697. The number of carboxylic acids is 1. The largest absolute Gasteiger partial charge is 0.506 e. The van der Waals surface area contributed by atoms with Gasteiger partial charge in [-0.1, -0.05) is 6.07 Å². The number of fused-ring (bicyclic) bond motifs is 1. The van der Waals surface area contributed by atoms with Crippen LogP contribution >= 0.6 is 0 Å². The van der Waals surface area contributed by atoms with Gasteiger partial charge in [-0.25, -0.2) is 14.2 Å². The molecule has 0 spiro atoms. The average Bonchev–Trinajstić information content (AvgIpc) is 2.87. The summed E-state index contributed by atoms with van der Waals surface area (Å²) in [6.07, 6.45) is 1.22. The molecule has 0 radical (unpaired) electrons. The molecule has 0 unspecified atom stereocenters. The van der Waals surface area contributed by atoms with Gasteiger partial charge in [-0.15, -0.1) is 0 Å². The first-order chi connectivity index (χ1) is 10.0. The fraction of sp³-hybridized carbons (Fsp3) is 0.0714. The molecule has 1 aromatic carbocycles. The average molecular weight is 287 g/mol. The lowest BCUT2D eigenvalue weighted by Gasteiger charge is -2.05. The first kappa shape index (κ1) is 13.0. The molecule has 6 nitrogen and oxygen atoms in total. The maximum absolute atomic E-state index is 14.1. The van der Waals surface area contributed by atoms with Crippen molar-refractivity contribution in [3.05, 3.63) is 41.3 Å². The molecule has 0 aliphatic carbocycles. The second-order valence-corrected chi connectivity index (χ2v) is 4.53. The molecule has 0 saturated carbocycles. The van der Waals surface area contributed by atoms with Crippen molar-refractivity contribution in [2.75, 3.05) is 0 Å². The van der Waals surface area contributed by atoms with Crippen molar-refractivity contribution in [1.29, 1.82) is 0 Å². The lowest BCUT2D eigenvalue weighted by Crippen LogP contribution is -2.02. The molecule has 106 valence electrons. The zero-order chi connectivity index (χ0) is 15.1. The molecule has 0 amide bonds. The fourth-order valence-corrected chi connectivity index (χ4v) is 2.19. The molecule has 0 saturated heterocycles. The third-order valence-electron chi connectivity index (χ3n) is 3.30. The maximum atomic E-state index is 14.1. The number of nitrogens with zero attached hydrogens (tertiary/aromatic N) is 2. The number of aryl methyl sites for hydroxylation is 1. The van der Waals surface area contributed by atoms with Gasteiger partial charge in [0.25, 0.3) is 0 Å². The van der Waals surface area contributed by atoms with Crippen LogP contribution in [0.25, 0.3) is 22.3 Å². The lowest BCUT2D eigenvalue weighted by atomic mass is 10.0. The van der Waals surface area contributed by atoms with E-state index in [9.17, 15) is 19.4 Å². The van der Waals surface area contributed by atoms with Gasteiger partial charge in [0.2, 0.25) is 0 Å². The standard InChI is InChI=1S/C14H10FN3O3/c1-6-9(19)5-16-13-11(6)17-18-12(13)10-7(14(20)21)3-2-4-8(10)15/h2-5,19H,1H3,(H,17,18)(H,20,21). The number of nitrogens with one attached hydrogen (secondary N) is 1. The van der Waals surface area contributed by atoms with Crippen molar-refractivity contribution in [2.24, 2.45) is 0 Å². The Morgan fingerprint density at radius 3 is 2.86 bits per heavy atom. The molecular formula is C14H10FN3O3. The quantitative estimate of drug-likeness (QED) is 0.672. The molecule has 0 atom stereocenters. The predicted molar refractivity (Wildman–Crippen MR) is 72.6 cm³/mol. The third-order valence-corrected chi connectivity index (χ3v) is 3.30. The van der Waals surface area contributed by atoms with E-state index in [1.54, 1.807) is 6.92 Å². The van der Waals surface area contributed by atoms with Gasteiger partial charge in [0.05, 0.1) is 22.8 Å². The summed E-state index contributed by atoms with van der Waals surface area (Å²) in [6, 6.07) is 3.78. The summed E-state index contributed by atoms with van der Waals surface area (Å²) in [7, 11) is 0. The van der Waals surface area contributed by atoms with Crippen molar-refractivity contribution < 1.29 is 19.4 Å². The van der Waals surface area contributed by atoms with Crippen LogP contribution in [-0.4, -0.2) is 31.4 Å². The number of carboxylic acid groups (broad SMARTS) is 1. The molecular weight excluding hydrogens is 277 g/mol. The molecule has 0 aliphatic heterocycles. The number of hydrogen-bond donors (Lipinski definition) is 3. The first-order valence-electron chi connectivity index (χ1n) is 6.05. The number of carbonyl (C=O) groups is 1. The van der Waals surface area contributed by atoms with Gasteiger partial charge < -0.3 is 10.2 Å². The number of aromatic amines is 1. The van der Waals surface area contributed by atoms with Gasteiger partial charge in [-0.3, -0.25) is 5.10 Å². The second kappa shape index (κ2) is 4.55.